The van der Waals surface area contributed by atoms with Crippen molar-refractivity contribution < 1.29 is 0 Å². The second-order valence-corrected chi connectivity index (χ2v) is 4.60. The minimum Gasteiger partial charge on any atom is -0.213 e. The summed E-state index contributed by atoms with van der Waals surface area (Å²) in [6.07, 6.45) is 5.54. The summed E-state index contributed by atoms with van der Waals surface area (Å²) < 4.78 is 0. The largest absolute Gasteiger partial charge is 0.213 e. The quantitative estimate of drug-likeness (QED) is 0.765. The maximum atomic E-state index is 4.57. The molecule has 3 heteroatoms. The van der Waals surface area contributed by atoms with E-state index in [-0.39, 0.29) is 0 Å². The highest BCUT2D eigenvalue weighted by Gasteiger charge is 2.08. The maximum absolute atomic E-state index is 4.57. The zero-order chi connectivity index (χ0) is 14.4. The monoisotopic (exact) mass is 265 g/mol. The third kappa shape index (κ3) is 3.38. The molecule has 1 aromatic heterocycles. The molecule has 0 aliphatic rings. The van der Waals surface area contributed by atoms with Crippen LogP contribution in [0.4, 0.5) is 0 Å². The predicted octanol–water partition coefficient (Wildman–Crippen LogP) is 4.08. The molecule has 0 N–H and O–H groups in total. The van der Waals surface area contributed by atoms with E-state index < -0.39 is 0 Å². The van der Waals surface area contributed by atoms with Gasteiger partial charge in [0, 0.05) is 12.0 Å². The minimum atomic E-state index is 0.724. The van der Waals surface area contributed by atoms with Crippen LogP contribution in [-0.2, 0) is 6.42 Å². The Hall–Kier alpha value is -2.29. The van der Waals surface area contributed by atoms with Crippen molar-refractivity contribution in [2.45, 2.75) is 26.7 Å². The van der Waals surface area contributed by atoms with Gasteiger partial charge in [0.1, 0.15) is 5.82 Å². The lowest BCUT2D eigenvalue weighted by Crippen LogP contribution is -2.04. The molecule has 0 fully saturated rings. The predicted molar refractivity (Wildman–Crippen MR) is 83.1 cm³/mol. The van der Waals surface area contributed by atoms with Crippen molar-refractivity contribution in [1.29, 1.82) is 0 Å². The molecule has 102 valence electrons. The number of rotatable bonds is 5. The number of allylic oxidation sites excluding steroid dienone is 3. The van der Waals surface area contributed by atoms with E-state index >= 15 is 0 Å². The fourth-order valence-corrected chi connectivity index (χ4v) is 1.90. The van der Waals surface area contributed by atoms with Crippen LogP contribution in [0, 0.1) is 0 Å². The van der Waals surface area contributed by atoms with E-state index in [9.17, 15) is 0 Å². The summed E-state index contributed by atoms with van der Waals surface area (Å²) in [4.78, 5) is 13.7. The molecule has 2 aromatic rings. The van der Waals surface area contributed by atoms with Crippen molar-refractivity contribution >= 4 is 5.57 Å². The first-order valence-corrected chi connectivity index (χ1v) is 6.84. The van der Waals surface area contributed by atoms with E-state index in [2.05, 4.69) is 28.5 Å². The topological polar surface area (TPSA) is 38.7 Å². The second-order valence-electron chi connectivity index (χ2n) is 4.60. The van der Waals surface area contributed by atoms with Gasteiger partial charge in [0.25, 0.3) is 0 Å². The molecule has 0 radical (unpaired) electrons. The van der Waals surface area contributed by atoms with E-state index in [1.165, 1.54) is 0 Å². The molecular weight excluding hydrogens is 246 g/mol. The molecule has 0 saturated carbocycles. The maximum Gasteiger partial charge on any atom is 0.163 e. The summed E-state index contributed by atoms with van der Waals surface area (Å²) in [5.74, 6) is 2.30. The van der Waals surface area contributed by atoms with Crippen molar-refractivity contribution in [1.82, 2.24) is 15.0 Å². The van der Waals surface area contributed by atoms with Crippen LogP contribution >= 0.6 is 0 Å². The molecule has 1 aromatic carbocycles. The van der Waals surface area contributed by atoms with Crippen LogP contribution in [0.2, 0.25) is 0 Å². The third-order valence-electron chi connectivity index (χ3n) is 2.91. The van der Waals surface area contributed by atoms with Gasteiger partial charge in [-0.3, -0.25) is 0 Å². The lowest BCUT2D eigenvalue weighted by atomic mass is 10.2. The Balaban J connectivity index is 2.52. The smallest absolute Gasteiger partial charge is 0.163 e. The molecule has 0 aliphatic heterocycles. The van der Waals surface area contributed by atoms with Gasteiger partial charge in [-0.15, -0.1) is 0 Å². The molecule has 0 bridgehead atoms. The van der Waals surface area contributed by atoms with Crippen molar-refractivity contribution in [3.05, 3.63) is 60.7 Å². The normalized spacial score (nSPS) is 11.4. The van der Waals surface area contributed by atoms with E-state index in [0.29, 0.717) is 0 Å². The van der Waals surface area contributed by atoms with E-state index in [1.807, 2.05) is 43.3 Å². The van der Waals surface area contributed by atoms with Gasteiger partial charge >= 0.3 is 0 Å². The number of nitrogens with zero attached hydrogens (tertiary/aromatic N) is 3. The Morgan fingerprint density at radius 1 is 1.15 bits per heavy atom. The highest BCUT2D eigenvalue weighted by Crippen LogP contribution is 2.17. The summed E-state index contributed by atoms with van der Waals surface area (Å²) in [5, 5.41) is 0. The lowest BCUT2D eigenvalue weighted by Gasteiger charge is -2.07. The van der Waals surface area contributed by atoms with Crippen LogP contribution in [-0.4, -0.2) is 15.0 Å². The summed E-state index contributed by atoms with van der Waals surface area (Å²) in [6.45, 7) is 7.83. The van der Waals surface area contributed by atoms with E-state index in [1.54, 1.807) is 6.08 Å². The van der Waals surface area contributed by atoms with Gasteiger partial charge in [-0.1, -0.05) is 56.0 Å². The highest BCUT2D eigenvalue weighted by molar-refractivity contribution is 5.62. The Labute approximate surface area is 120 Å². The van der Waals surface area contributed by atoms with Crippen molar-refractivity contribution in [3.8, 4) is 11.4 Å². The Morgan fingerprint density at radius 3 is 2.55 bits per heavy atom. The number of hydrogen-bond acceptors (Lipinski definition) is 3. The third-order valence-corrected chi connectivity index (χ3v) is 2.91. The highest BCUT2D eigenvalue weighted by atomic mass is 15.0. The summed E-state index contributed by atoms with van der Waals surface area (Å²) >= 11 is 0. The molecule has 20 heavy (non-hydrogen) atoms. The molecule has 0 amide bonds. The summed E-state index contributed by atoms with van der Waals surface area (Å²) in [6, 6.07) is 10.00. The van der Waals surface area contributed by atoms with E-state index in [0.717, 1.165) is 41.5 Å². The van der Waals surface area contributed by atoms with Crippen LogP contribution in [0.15, 0.2) is 49.1 Å². The molecule has 1 heterocycles. The molecule has 0 unspecified atom stereocenters. The van der Waals surface area contributed by atoms with Gasteiger partial charge in [-0.25, -0.2) is 15.0 Å². The van der Waals surface area contributed by atoms with Gasteiger partial charge in [-0.05, 0) is 18.9 Å². The molecule has 2 rings (SSSR count). The standard InChI is InChI=1S/C17H19N3/c1-4-9-13(3)16-18-15(10-5-2)19-17(20-16)14-11-7-6-8-12-14/h4,6-9,11-12H,1,5,10H2,2-3H3. The SMILES string of the molecule is C=CC=C(C)c1nc(CCC)nc(-c2ccccc2)n1. The van der Waals surface area contributed by atoms with Crippen molar-refractivity contribution in [2.24, 2.45) is 0 Å². The summed E-state index contributed by atoms with van der Waals surface area (Å²) in [7, 11) is 0. The van der Waals surface area contributed by atoms with Crippen molar-refractivity contribution in [3.63, 3.8) is 0 Å². The van der Waals surface area contributed by atoms with Crippen molar-refractivity contribution in [2.75, 3.05) is 0 Å². The van der Waals surface area contributed by atoms with Crippen LogP contribution in [0.5, 0.6) is 0 Å². The number of aromatic nitrogens is 3. The lowest BCUT2D eigenvalue weighted by molar-refractivity contribution is 0.813. The number of benzene rings is 1. The molecule has 0 spiro atoms. The van der Waals surface area contributed by atoms with E-state index in [4.69, 9.17) is 0 Å². The van der Waals surface area contributed by atoms with Gasteiger partial charge < -0.3 is 0 Å². The zero-order valence-electron chi connectivity index (χ0n) is 12.0. The van der Waals surface area contributed by atoms with Gasteiger partial charge in [0.05, 0.1) is 0 Å². The second kappa shape index (κ2) is 6.75. The van der Waals surface area contributed by atoms with Crippen LogP contribution < -0.4 is 0 Å². The molecule has 0 saturated heterocycles. The Morgan fingerprint density at radius 2 is 1.90 bits per heavy atom. The number of hydrogen-bond donors (Lipinski definition) is 0. The van der Waals surface area contributed by atoms with Crippen LogP contribution in [0.25, 0.3) is 17.0 Å². The fraction of sp³-hybridized carbons (Fsp3) is 0.235. The molecule has 0 atom stereocenters. The van der Waals surface area contributed by atoms with Gasteiger partial charge in [0.15, 0.2) is 11.6 Å². The van der Waals surface area contributed by atoms with Gasteiger partial charge in [0.2, 0.25) is 0 Å². The first kappa shape index (κ1) is 14.1. The Kier molecular flexibility index (Phi) is 4.77. The zero-order valence-corrected chi connectivity index (χ0v) is 12.0. The first-order valence-electron chi connectivity index (χ1n) is 6.84. The van der Waals surface area contributed by atoms with Crippen LogP contribution in [0.1, 0.15) is 31.9 Å². The van der Waals surface area contributed by atoms with Crippen LogP contribution in [0.3, 0.4) is 0 Å². The molecule has 3 nitrogen and oxygen atoms in total. The molecular formula is C17H19N3. The fourth-order valence-electron chi connectivity index (χ4n) is 1.90. The average molecular weight is 265 g/mol. The minimum absolute atomic E-state index is 0.724. The average Bonchev–Trinajstić information content (AvgIpc) is 2.48. The van der Waals surface area contributed by atoms with Gasteiger partial charge in [-0.2, -0.15) is 0 Å². The summed E-state index contributed by atoms with van der Waals surface area (Å²) in [5.41, 5.74) is 2.01. The molecule has 0 aliphatic carbocycles. The Bertz CT molecular complexity index is 615. The first-order chi connectivity index (χ1) is 9.74. The number of aryl methyl sites for hydroxylation is 1.